The van der Waals surface area contributed by atoms with Crippen LogP contribution < -0.4 is 5.32 Å². The molecule has 0 heterocycles. The highest BCUT2D eigenvalue weighted by Gasteiger charge is 2.04. The second-order valence-electron chi connectivity index (χ2n) is 6.87. The van der Waals surface area contributed by atoms with E-state index in [0.29, 0.717) is 0 Å². The van der Waals surface area contributed by atoms with Gasteiger partial charge in [-0.2, -0.15) is 0 Å². The first-order valence-corrected chi connectivity index (χ1v) is 9.61. The van der Waals surface area contributed by atoms with Gasteiger partial charge in [-0.25, -0.2) is 0 Å². The topological polar surface area (TPSA) is 18.5 Å². The van der Waals surface area contributed by atoms with E-state index in [-0.39, 0.29) is 0 Å². The van der Waals surface area contributed by atoms with Crippen LogP contribution in [0.25, 0.3) is 11.4 Å². The molecule has 3 nitrogen and oxygen atoms in total. The molecular weight excluding hydrogens is 306 g/mol. The number of nitrogens with zero attached hydrogens (tertiary/aromatic N) is 2. The Kier molecular flexibility index (Phi) is 10.0. The molecule has 1 aromatic carbocycles. The number of benzene rings is 1. The highest BCUT2D eigenvalue weighted by Crippen LogP contribution is 2.17. The second kappa shape index (κ2) is 11.8. The molecule has 0 aliphatic rings. The molecule has 25 heavy (non-hydrogen) atoms. The van der Waals surface area contributed by atoms with Crippen molar-refractivity contribution in [1.29, 1.82) is 0 Å². The van der Waals surface area contributed by atoms with Crippen molar-refractivity contribution >= 4 is 11.4 Å². The standard InChI is InChI=1S/C22H37N3/c1-7-16-25(17-8-2)18-10-9-15-23-19(3)21-11-13-22(14-12-21)20(4)24(5)6/h11-14,23H,3-4,7-10,15-18H2,1-2,5-6H3. The van der Waals surface area contributed by atoms with Crippen molar-refractivity contribution in [1.82, 2.24) is 15.1 Å². The molecule has 0 spiro atoms. The van der Waals surface area contributed by atoms with Crippen molar-refractivity contribution < 1.29 is 0 Å². The summed E-state index contributed by atoms with van der Waals surface area (Å²) in [5, 5.41) is 3.46. The summed E-state index contributed by atoms with van der Waals surface area (Å²) in [6, 6.07) is 8.45. The van der Waals surface area contributed by atoms with Crippen LogP contribution >= 0.6 is 0 Å². The van der Waals surface area contributed by atoms with Crippen LogP contribution in [0, 0.1) is 0 Å². The highest BCUT2D eigenvalue weighted by atomic mass is 15.1. The van der Waals surface area contributed by atoms with Crippen molar-refractivity contribution in [2.24, 2.45) is 0 Å². The van der Waals surface area contributed by atoms with Crippen molar-refractivity contribution in [3.8, 4) is 0 Å². The maximum Gasteiger partial charge on any atom is 0.0361 e. The van der Waals surface area contributed by atoms with E-state index < -0.39 is 0 Å². The van der Waals surface area contributed by atoms with Crippen LogP contribution in [0.5, 0.6) is 0 Å². The van der Waals surface area contributed by atoms with Crippen LogP contribution in [0.1, 0.15) is 50.7 Å². The van der Waals surface area contributed by atoms with E-state index in [1.165, 1.54) is 45.3 Å². The maximum absolute atomic E-state index is 4.17. The monoisotopic (exact) mass is 343 g/mol. The van der Waals surface area contributed by atoms with Gasteiger partial charge in [0, 0.05) is 32.0 Å². The fourth-order valence-corrected chi connectivity index (χ4v) is 2.89. The first-order valence-electron chi connectivity index (χ1n) is 9.61. The minimum absolute atomic E-state index is 0.983. The molecule has 140 valence electrons. The summed E-state index contributed by atoms with van der Waals surface area (Å²) in [6.07, 6.45) is 4.90. The normalized spacial score (nSPS) is 10.8. The van der Waals surface area contributed by atoms with Crippen molar-refractivity contribution in [2.75, 3.05) is 40.3 Å². The van der Waals surface area contributed by atoms with E-state index in [1.807, 2.05) is 19.0 Å². The summed E-state index contributed by atoms with van der Waals surface area (Å²) < 4.78 is 0. The van der Waals surface area contributed by atoms with Gasteiger partial charge in [-0.15, -0.1) is 0 Å². The van der Waals surface area contributed by atoms with Crippen LogP contribution in [0.3, 0.4) is 0 Å². The number of nitrogens with one attached hydrogen (secondary N) is 1. The third kappa shape index (κ3) is 7.78. The zero-order chi connectivity index (χ0) is 18.7. The summed E-state index contributed by atoms with van der Waals surface area (Å²) in [7, 11) is 4.03. The molecule has 1 N–H and O–H groups in total. The summed E-state index contributed by atoms with van der Waals surface area (Å²) in [5.41, 5.74) is 4.32. The third-order valence-electron chi connectivity index (χ3n) is 4.43. The highest BCUT2D eigenvalue weighted by molar-refractivity contribution is 5.67. The summed E-state index contributed by atoms with van der Waals surface area (Å²) in [4.78, 5) is 4.60. The van der Waals surface area contributed by atoms with Crippen LogP contribution in [0.15, 0.2) is 37.4 Å². The van der Waals surface area contributed by atoms with Crippen LogP contribution in [0.2, 0.25) is 0 Å². The van der Waals surface area contributed by atoms with Crippen LogP contribution in [-0.4, -0.2) is 50.1 Å². The molecule has 1 rings (SSSR count). The average Bonchev–Trinajstić information content (AvgIpc) is 2.61. The molecule has 0 fully saturated rings. The van der Waals surface area contributed by atoms with Gasteiger partial charge in [-0.1, -0.05) is 51.3 Å². The summed E-state index contributed by atoms with van der Waals surface area (Å²) in [5.74, 6) is 0. The maximum atomic E-state index is 4.17. The minimum atomic E-state index is 0.983. The predicted octanol–water partition coefficient (Wildman–Crippen LogP) is 4.68. The molecular formula is C22H37N3. The Labute approximate surface area is 155 Å². The number of hydrogen-bond acceptors (Lipinski definition) is 3. The van der Waals surface area contributed by atoms with Gasteiger partial charge in [-0.05, 0) is 56.4 Å². The Hall–Kier alpha value is -1.74. The molecule has 0 aromatic heterocycles. The fourth-order valence-electron chi connectivity index (χ4n) is 2.89. The molecule has 0 amide bonds. The molecule has 0 atom stereocenters. The van der Waals surface area contributed by atoms with Gasteiger partial charge in [0.1, 0.15) is 0 Å². The van der Waals surface area contributed by atoms with Gasteiger partial charge in [-0.3, -0.25) is 0 Å². The fraction of sp³-hybridized carbons (Fsp3) is 0.545. The molecule has 0 unspecified atom stereocenters. The second-order valence-corrected chi connectivity index (χ2v) is 6.87. The van der Waals surface area contributed by atoms with Crippen molar-refractivity contribution in [3.05, 3.63) is 48.6 Å². The molecule has 0 aliphatic carbocycles. The van der Waals surface area contributed by atoms with Gasteiger partial charge in [0.05, 0.1) is 0 Å². The van der Waals surface area contributed by atoms with E-state index in [1.54, 1.807) is 0 Å². The first kappa shape index (κ1) is 21.3. The van der Waals surface area contributed by atoms with Gasteiger partial charge in [0.2, 0.25) is 0 Å². The number of hydrogen-bond donors (Lipinski definition) is 1. The Bertz CT molecular complexity index is 511. The van der Waals surface area contributed by atoms with Crippen LogP contribution in [0.4, 0.5) is 0 Å². The molecule has 0 radical (unpaired) electrons. The lowest BCUT2D eigenvalue weighted by molar-refractivity contribution is 0.269. The zero-order valence-electron chi connectivity index (χ0n) is 16.8. The van der Waals surface area contributed by atoms with Gasteiger partial charge < -0.3 is 15.1 Å². The summed E-state index contributed by atoms with van der Waals surface area (Å²) >= 11 is 0. The van der Waals surface area contributed by atoms with E-state index in [9.17, 15) is 0 Å². The third-order valence-corrected chi connectivity index (χ3v) is 4.43. The molecule has 0 saturated carbocycles. The Morgan fingerprint density at radius 2 is 1.44 bits per heavy atom. The first-order chi connectivity index (χ1) is 12.0. The molecule has 3 heteroatoms. The zero-order valence-corrected chi connectivity index (χ0v) is 16.8. The Morgan fingerprint density at radius 3 is 1.96 bits per heavy atom. The van der Waals surface area contributed by atoms with Gasteiger partial charge in [0.25, 0.3) is 0 Å². The molecule has 0 saturated heterocycles. The van der Waals surface area contributed by atoms with E-state index in [0.717, 1.165) is 29.1 Å². The lowest BCUT2D eigenvalue weighted by atomic mass is 10.1. The Morgan fingerprint density at radius 1 is 0.880 bits per heavy atom. The van der Waals surface area contributed by atoms with Gasteiger partial charge in [0.15, 0.2) is 0 Å². The quantitative estimate of drug-likeness (QED) is 0.525. The van der Waals surface area contributed by atoms with E-state index in [4.69, 9.17) is 0 Å². The van der Waals surface area contributed by atoms with E-state index >= 15 is 0 Å². The van der Waals surface area contributed by atoms with Crippen molar-refractivity contribution in [2.45, 2.75) is 39.5 Å². The lowest BCUT2D eigenvalue weighted by Crippen LogP contribution is -2.27. The number of unbranched alkanes of at least 4 members (excludes halogenated alkanes) is 1. The lowest BCUT2D eigenvalue weighted by Gasteiger charge is -2.21. The van der Waals surface area contributed by atoms with Gasteiger partial charge >= 0.3 is 0 Å². The summed E-state index contributed by atoms with van der Waals surface area (Å²) in [6.45, 7) is 17.4. The molecule has 1 aromatic rings. The number of rotatable bonds is 13. The Balaban J connectivity index is 2.33. The predicted molar refractivity (Wildman–Crippen MR) is 112 cm³/mol. The van der Waals surface area contributed by atoms with Crippen molar-refractivity contribution in [3.63, 3.8) is 0 Å². The average molecular weight is 344 g/mol. The molecule has 0 aliphatic heterocycles. The van der Waals surface area contributed by atoms with E-state index in [2.05, 4.69) is 61.5 Å². The van der Waals surface area contributed by atoms with Crippen LogP contribution in [-0.2, 0) is 0 Å². The SMILES string of the molecule is C=C(NCCCCN(CCC)CCC)c1ccc(C(=C)N(C)C)cc1. The molecule has 0 bridgehead atoms. The smallest absolute Gasteiger partial charge is 0.0361 e. The largest absolute Gasteiger partial charge is 0.385 e. The minimum Gasteiger partial charge on any atom is -0.385 e.